The fourth-order valence-electron chi connectivity index (χ4n) is 2.53. The summed E-state index contributed by atoms with van der Waals surface area (Å²) in [5.41, 5.74) is 3.25. The Balaban J connectivity index is 1.73. The number of carbonyl (C=O) groups is 1. The average molecular weight is 417 g/mol. The van der Waals surface area contributed by atoms with Crippen molar-refractivity contribution in [2.45, 2.75) is 39.3 Å². The Labute approximate surface area is 160 Å². The van der Waals surface area contributed by atoms with Gasteiger partial charge in [-0.1, -0.05) is 24.3 Å². The molecule has 3 rings (SSSR count). The molecule has 1 N–H and O–H groups in total. The van der Waals surface area contributed by atoms with Crippen LogP contribution in [0.5, 0.6) is 0 Å². The van der Waals surface area contributed by atoms with E-state index in [-0.39, 0.29) is 6.04 Å². The second kappa shape index (κ2) is 7.07. The van der Waals surface area contributed by atoms with Crippen molar-refractivity contribution >= 4 is 27.7 Å². The van der Waals surface area contributed by atoms with Crippen molar-refractivity contribution in [3.8, 4) is 11.1 Å². The number of halogens is 1. The topological polar surface area (TPSA) is 68.5 Å². The number of ether oxygens (including phenoxy) is 1. The molecule has 0 fully saturated rings. The number of amides is 1. The van der Waals surface area contributed by atoms with Gasteiger partial charge in [-0.15, -0.1) is 0 Å². The molecule has 0 aliphatic rings. The van der Waals surface area contributed by atoms with E-state index in [2.05, 4.69) is 31.3 Å². The molecule has 3 aromatic rings. The maximum Gasteiger partial charge on any atom is 0.408 e. The van der Waals surface area contributed by atoms with E-state index in [0.717, 1.165) is 26.8 Å². The largest absolute Gasteiger partial charge is 0.444 e. The predicted octanol–water partition coefficient (Wildman–Crippen LogP) is 4.74. The maximum atomic E-state index is 11.9. The smallest absolute Gasteiger partial charge is 0.408 e. The molecule has 0 bridgehead atoms. The highest BCUT2D eigenvalue weighted by molar-refractivity contribution is 9.10. The zero-order chi connectivity index (χ0) is 18.9. The third kappa shape index (κ3) is 4.22. The molecule has 0 saturated heterocycles. The molecule has 1 aromatic carbocycles. The zero-order valence-corrected chi connectivity index (χ0v) is 16.7. The van der Waals surface area contributed by atoms with Gasteiger partial charge in [-0.2, -0.15) is 5.10 Å². The molecule has 1 amide bonds. The number of nitrogens with zero attached hydrogens (tertiary/aromatic N) is 3. The van der Waals surface area contributed by atoms with Gasteiger partial charge in [0.25, 0.3) is 0 Å². The number of fused-ring (bicyclic) bond motifs is 1. The van der Waals surface area contributed by atoms with Crippen molar-refractivity contribution < 1.29 is 9.53 Å². The third-order valence-corrected chi connectivity index (χ3v) is 4.35. The van der Waals surface area contributed by atoms with Gasteiger partial charge in [0.15, 0.2) is 5.65 Å². The molecule has 26 heavy (non-hydrogen) atoms. The Morgan fingerprint density at radius 3 is 2.54 bits per heavy atom. The Bertz CT molecular complexity index is 929. The first-order valence-electron chi connectivity index (χ1n) is 8.32. The molecule has 1 atom stereocenters. The van der Waals surface area contributed by atoms with Crippen LogP contribution in [0.15, 0.2) is 47.3 Å². The molecule has 2 heterocycles. The minimum atomic E-state index is -0.513. The van der Waals surface area contributed by atoms with Crippen LogP contribution in [-0.4, -0.2) is 26.3 Å². The number of carbonyl (C=O) groups excluding carboxylic acids is 1. The highest BCUT2D eigenvalue weighted by Crippen LogP contribution is 2.23. The molecule has 0 aliphatic carbocycles. The molecule has 136 valence electrons. The number of alkyl carbamates (subject to hydrolysis) is 1. The van der Waals surface area contributed by atoms with E-state index in [4.69, 9.17) is 4.74 Å². The SMILES string of the molecule is CC(NC(=O)OC(C)(C)C)c1ccc(-c2cnc3c(Br)cnn3c2)cc1. The van der Waals surface area contributed by atoms with Crippen molar-refractivity contribution in [1.82, 2.24) is 19.9 Å². The standard InChI is InChI=1S/C19H21BrN4O2/c1-12(23-18(25)26-19(2,3)4)13-5-7-14(8-6-13)15-9-21-17-16(20)10-22-24(17)11-15/h5-12H,1-4H3,(H,23,25). The average Bonchev–Trinajstić information content (AvgIpc) is 2.94. The van der Waals surface area contributed by atoms with Gasteiger partial charge in [-0.25, -0.2) is 14.3 Å². The molecular weight excluding hydrogens is 396 g/mol. The van der Waals surface area contributed by atoms with Crippen molar-refractivity contribution in [1.29, 1.82) is 0 Å². The van der Waals surface area contributed by atoms with Crippen LogP contribution in [-0.2, 0) is 4.74 Å². The quantitative estimate of drug-likeness (QED) is 0.668. The number of hydrogen-bond acceptors (Lipinski definition) is 4. The molecule has 1 unspecified atom stereocenters. The number of benzene rings is 1. The predicted molar refractivity (Wildman–Crippen MR) is 104 cm³/mol. The highest BCUT2D eigenvalue weighted by atomic mass is 79.9. The maximum absolute atomic E-state index is 11.9. The number of hydrogen-bond donors (Lipinski definition) is 1. The summed E-state index contributed by atoms with van der Waals surface area (Å²) in [7, 11) is 0. The van der Waals surface area contributed by atoms with Gasteiger partial charge in [-0.05, 0) is 54.8 Å². The fraction of sp³-hybridized carbons (Fsp3) is 0.316. The van der Waals surface area contributed by atoms with E-state index in [1.165, 1.54) is 0 Å². The van der Waals surface area contributed by atoms with Crippen molar-refractivity contribution in [2.75, 3.05) is 0 Å². The summed E-state index contributed by atoms with van der Waals surface area (Å²) < 4.78 is 7.89. The molecule has 0 radical (unpaired) electrons. The second-order valence-corrected chi connectivity index (χ2v) is 7.95. The summed E-state index contributed by atoms with van der Waals surface area (Å²) in [5, 5.41) is 7.10. The first-order valence-corrected chi connectivity index (χ1v) is 9.11. The van der Waals surface area contributed by atoms with Gasteiger partial charge in [0.1, 0.15) is 5.60 Å². The van der Waals surface area contributed by atoms with Crippen LogP contribution in [0.1, 0.15) is 39.3 Å². The fourth-order valence-corrected chi connectivity index (χ4v) is 2.90. The van der Waals surface area contributed by atoms with E-state index >= 15 is 0 Å². The summed E-state index contributed by atoms with van der Waals surface area (Å²) in [5.74, 6) is 0. The molecule has 2 aromatic heterocycles. The normalized spacial score (nSPS) is 12.8. The first kappa shape index (κ1) is 18.4. The van der Waals surface area contributed by atoms with Gasteiger partial charge in [-0.3, -0.25) is 0 Å². The van der Waals surface area contributed by atoms with E-state index < -0.39 is 11.7 Å². The van der Waals surface area contributed by atoms with E-state index in [1.54, 1.807) is 10.7 Å². The lowest BCUT2D eigenvalue weighted by molar-refractivity contribution is 0.0508. The molecule has 0 saturated carbocycles. The Morgan fingerprint density at radius 2 is 1.88 bits per heavy atom. The van der Waals surface area contributed by atoms with E-state index in [0.29, 0.717) is 0 Å². The summed E-state index contributed by atoms with van der Waals surface area (Å²) in [6.45, 7) is 7.45. The molecule has 7 heteroatoms. The summed E-state index contributed by atoms with van der Waals surface area (Å²) in [6.07, 6.45) is 5.05. The number of nitrogens with one attached hydrogen (secondary N) is 1. The van der Waals surface area contributed by atoms with E-state index in [1.807, 2.05) is 64.4 Å². The van der Waals surface area contributed by atoms with Gasteiger partial charge in [0.05, 0.1) is 16.7 Å². The van der Waals surface area contributed by atoms with Crippen LogP contribution in [0.25, 0.3) is 16.8 Å². The van der Waals surface area contributed by atoms with Crippen molar-refractivity contribution in [2.24, 2.45) is 0 Å². The second-order valence-electron chi connectivity index (χ2n) is 7.09. The van der Waals surface area contributed by atoms with Crippen LogP contribution < -0.4 is 5.32 Å². The van der Waals surface area contributed by atoms with E-state index in [9.17, 15) is 4.79 Å². The third-order valence-electron chi connectivity index (χ3n) is 3.79. The van der Waals surface area contributed by atoms with Crippen LogP contribution in [0, 0.1) is 0 Å². The molecule has 0 aliphatic heterocycles. The van der Waals surface area contributed by atoms with Crippen molar-refractivity contribution in [3.05, 3.63) is 52.9 Å². The van der Waals surface area contributed by atoms with Crippen LogP contribution in [0.4, 0.5) is 4.79 Å². The lowest BCUT2D eigenvalue weighted by atomic mass is 10.0. The molecule has 6 nitrogen and oxygen atoms in total. The summed E-state index contributed by atoms with van der Waals surface area (Å²) >= 11 is 3.42. The highest BCUT2D eigenvalue weighted by Gasteiger charge is 2.18. The number of rotatable bonds is 3. The Morgan fingerprint density at radius 1 is 1.19 bits per heavy atom. The Kier molecular flexibility index (Phi) is 5.00. The van der Waals surface area contributed by atoms with Crippen LogP contribution in [0.2, 0.25) is 0 Å². The Hall–Kier alpha value is -2.41. The number of aromatic nitrogens is 3. The first-order chi connectivity index (χ1) is 12.2. The van der Waals surface area contributed by atoms with Gasteiger partial charge in [0, 0.05) is 18.0 Å². The lowest BCUT2D eigenvalue weighted by Crippen LogP contribution is -2.34. The lowest BCUT2D eigenvalue weighted by Gasteiger charge is -2.22. The molecule has 0 spiro atoms. The van der Waals surface area contributed by atoms with Crippen molar-refractivity contribution in [3.63, 3.8) is 0 Å². The minimum absolute atomic E-state index is 0.151. The van der Waals surface area contributed by atoms with Gasteiger partial charge >= 0.3 is 6.09 Å². The monoisotopic (exact) mass is 416 g/mol. The zero-order valence-electron chi connectivity index (χ0n) is 15.2. The van der Waals surface area contributed by atoms with Crippen LogP contribution >= 0.6 is 15.9 Å². The minimum Gasteiger partial charge on any atom is -0.444 e. The van der Waals surface area contributed by atoms with Crippen LogP contribution in [0.3, 0.4) is 0 Å². The van der Waals surface area contributed by atoms with Gasteiger partial charge < -0.3 is 10.1 Å². The summed E-state index contributed by atoms with van der Waals surface area (Å²) in [6, 6.07) is 7.83. The summed E-state index contributed by atoms with van der Waals surface area (Å²) in [4.78, 5) is 16.3. The molecular formula is C19H21BrN4O2. The van der Waals surface area contributed by atoms with Gasteiger partial charge in [0.2, 0.25) is 0 Å².